The highest BCUT2D eigenvalue weighted by Crippen LogP contribution is 2.39. The van der Waals surface area contributed by atoms with E-state index in [0.717, 1.165) is 29.8 Å². The molecule has 0 amide bonds. The molecule has 1 aliphatic rings. The van der Waals surface area contributed by atoms with Gasteiger partial charge in [-0.3, -0.25) is 0 Å². The summed E-state index contributed by atoms with van der Waals surface area (Å²) in [5.41, 5.74) is 2.96. The second kappa shape index (κ2) is 8.38. The molecule has 0 aliphatic carbocycles. The molecule has 3 rings (SSSR count). The van der Waals surface area contributed by atoms with E-state index < -0.39 is 6.10 Å². The number of ether oxygens (including phenoxy) is 2. The molecule has 2 aromatic rings. The molecule has 0 fully saturated rings. The molecule has 6 heteroatoms. The van der Waals surface area contributed by atoms with Crippen molar-refractivity contribution in [2.75, 3.05) is 27.3 Å². The Balaban J connectivity index is 1.68. The Morgan fingerprint density at radius 2 is 1.85 bits per heavy atom. The SMILES string of the molecule is COc1ccc(OC)c2c1CN(C(=S)NCCc1ccccc1)C[C@@H]2O. The minimum atomic E-state index is -0.683. The summed E-state index contributed by atoms with van der Waals surface area (Å²) in [7, 11) is 3.24. The third kappa shape index (κ3) is 3.92. The molecule has 1 aliphatic heterocycles. The Bertz CT molecular complexity index is 767. The number of β-amino-alcohol motifs (C(OH)–C–C–N with tert-alkyl or cyclic N) is 1. The summed E-state index contributed by atoms with van der Waals surface area (Å²) in [6.07, 6.45) is 0.211. The average Bonchev–Trinajstić information content (AvgIpc) is 2.67. The quantitative estimate of drug-likeness (QED) is 0.787. The first-order chi connectivity index (χ1) is 12.6. The minimum Gasteiger partial charge on any atom is -0.496 e. The second-order valence-corrected chi connectivity index (χ2v) is 6.61. The van der Waals surface area contributed by atoms with Crippen LogP contribution in [-0.2, 0) is 13.0 Å². The molecule has 0 unspecified atom stereocenters. The van der Waals surface area contributed by atoms with E-state index in [1.165, 1.54) is 5.56 Å². The molecule has 0 saturated carbocycles. The Morgan fingerprint density at radius 1 is 1.15 bits per heavy atom. The largest absolute Gasteiger partial charge is 0.496 e. The highest BCUT2D eigenvalue weighted by molar-refractivity contribution is 7.80. The number of methoxy groups -OCH3 is 2. The molecule has 0 aromatic heterocycles. The maximum Gasteiger partial charge on any atom is 0.169 e. The third-order valence-corrected chi connectivity index (χ3v) is 5.01. The predicted molar refractivity (Wildman–Crippen MR) is 106 cm³/mol. The fourth-order valence-electron chi connectivity index (χ4n) is 3.30. The highest BCUT2D eigenvalue weighted by atomic mass is 32.1. The van der Waals surface area contributed by atoms with Crippen LogP contribution in [0.3, 0.4) is 0 Å². The average molecular weight is 372 g/mol. The summed E-state index contributed by atoms with van der Waals surface area (Å²) in [6.45, 7) is 1.75. The van der Waals surface area contributed by atoms with Gasteiger partial charge in [0, 0.05) is 24.2 Å². The summed E-state index contributed by atoms with van der Waals surface area (Å²) in [5.74, 6) is 1.41. The maximum absolute atomic E-state index is 10.7. The Hall–Kier alpha value is -2.31. The van der Waals surface area contributed by atoms with Crippen LogP contribution in [-0.4, -0.2) is 42.4 Å². The molecule has 2 N–H and O–H groups in total. The standard InChI is InChI=1S/C20H24N2O3S/c1-24-17-8-9-18(25-2)19-15(17)12-22(13-16(19)23)20(26)21-11-10-14-6-4-3-5-7-14/h3-9,16,23H,10-13H2,1-2H3,(H,21,26)/t16-/m0/s1. The number of hydrogen-bond donors (Lipinski definition) is 2. The van der Waals surface area contributed by atoms with Gasteiger partial charge < -0.3 is 24.8 Å². The van der Waals surface area contributed by atoms with E-state index in [9.17, 15) is 5.11 Å². The van der Waals surface area contributed by atoms with Crippen molar-refractivity contribution in [3.63, 3.8) is 0 Å². The lowest BCUT2D eigenvalue weighted by molar-refractivity contribution is 0.122. The monoisotopic (exact) mass is 372 g/mol. The van der Waals surface area contributed by atoms with Crippen molar-refractivity contribution in [1.82, 2.24) is 10.2 Å². The molecule has 0 bridgehead atoms. The predicted octanol–water partition coefficient (Wildman–Crippen LogP) is 2.67. The van der Waals surface area contributed by atoms with Gasteiger partial charge in [0.15, 0.2) is 5.11 Å². The zero-order chi connectivity index (χ0) is 18.5. The Kier molecular flexibility index (Phi) is 5.96. The van der Waals surface area contributed by atoms with Gasteiger partial charge in [-0.05, 0) is 36.3 Å². The van der Waals surface area contributed by atoms with Gasteiger partial charge in [-0.2, -0.15) is 0 Å². The number of fused-ring (bicyclic) bond motifs is 1. The van der Waals surface area contributed by atoms with E-state index in [0.29, 0.717) is 24.0 Å². The zero-order valence-corrected chi connectivity index (χ0v) is 15.9. The minimum absolute atomic E-state index is 0.424. The molecule has 0 saturated heterocycles. The van der Waals surface area contributed by atoms with E-state index in [2.05, 4.69) is 17.4 Å². The number of hydrogen-bond acceptors (Lipinski definition) is 4. The van der Waals surface area contributed by atoms with E-state index in [1.807, 2.05) is 35.2 Å². The fourth-order valence-corrected chi connectivity index (χ4v) is 3.54. The topological polar surface area (TPSA) is 54.0 Å². The van der Waals surface area contributed by atoms with Crippen LogP contribution in [0.5, 0.6) is 11.5 Å². The number of aliphatic hydroxyl groups excluding tert-OH is 1. The maximum atomic E-state index is 10.7. The van der Waals surface area contributed by atoms with Gasteiger partial charge in [-0.1, -0.05) is 30.3 Å². The van der Waals surface area contributed by atoms with E-state index in [1.54, 1.807) is 14.2 Å². The number of thiocarbonyl (C=S) groups is 1. The molecule has 0 spiro atoms. The highest BCUT2D eigenvalue weighted by Gasteiger charge is 2.30. The normalized spacial score (nSPS) is 16.0. The lowest BCUT2D eigenvalue weighted by atomic mass is 9.95. The molecular weight excluding hydrogens is 348 g/mol. The summed E-state index contributed by atoms with van der Waals surface area (Å²) in [6, 6.07) is 14.0. The fraction of sp³-hybridized carbons (Fsp3) is 0.350. The first-order valence-electron chi connectivity index (χ1n) is 8.62. The van der Waals surface area contributed by atoms with Crippen LogP contribution in [0.4, 0.5) is 0 Å². The molecule has 5 nitrogen and oxygen atoms in total. The van der Waals surface area contributed by atoms with Crippen molar-refractivity contribution < 1.29 is 14.6 Å². The van der Waals surface area contributed by atoms with Crippen molar-refractivity contribution in [3.8, 4) is 11.5 Å². The zero-order valence-electron chi connectivity index (χ0n) is 15.1. The molecule has 1 heterocycles. The lowest BCUT2D eigenvalue weighted by Gasteiger charge is -2.35. The van der Waals surface area contributed by atoms with Gasteiger partial charge in [-0.25, -0.2) is 0 Å². The van der Waals surface area contributed by atoms with Crippen LogP contribution in [0.25, 0.3) is 0 Å². The van der Waals surface area contributed by atoms with Crippen LogP contribution in [0.2, 0.25) is 0 Å². The second-order valence-electron chi connectivity index (χ2n) is 6.23. The number of benzene rings is 2. The number of aliphatic hydroxyl groups is 1. The molecule has 2 aromatic carbocycles. The van der Waals surface area contributed by atoms with E-state index >= 15 is 0 Å². The summed E-state index contributed by atoms with van der Waals surface area (Å²) < 4.78 is 10.9. The van der Waals surface area contributed by atoms with Gasteiger partial charge in [0.1, 0.15) is 17.6 Å². The molecule has 0 radical (unpaired) electrons. The molecular formula is C20H24N2O3S. The van der Waals surface area contributed by atoms with E-state index in [4.69, 9.17) is 21.7 Å². The first-order valence-corrected chi connectivity index (χ1v) is 9.03. The van der Waals surface area contributed by atoms with Crippen LogP contribution < -0.4 is 14.8 Å². The van der Waals surface area contributed by atoms with Crippen molar-refractivity contribution in [3.05, 3.63) is 59.2 Å². The van der Waals surface area contributed by atoms with Gasteiger partial charge in [0.05, 0.1) is 20.8 Å². The van der Waals surface area contributed by atoms with Crippen LogP contribution >= 0.6 is 12.2 Å². The Labute approximate surface area is 159 Å². The first kappa shape index (κ1) is 18.5. The van der Waals surface area contributed by atoms with Gasteiger partial charge >= 0.3 is 0 Å². The summed E-state index contributed by atoms with van der Waals surface area (Å²) in [4.78, 5) is 1.97. The van der Waals surface area contributed by atoms with Crippen molar-refractivity contribution in [2.45, 2.75) is 19.1 Å². The van der Waals surface area contributed by atoms with Gasteiger partial charge in [0.2, 0.25) is 0 Å². The molecule has 1 atom stereocenters. The number of nitrogens with zero attached hydrogens (tertiary/aromatic N) is 1. The van der Waals surface area contributed by atoms with Crippen LogP contribution in [0, 0.1) is 0 Å². The van der Waals surface area contributed by atoms with Gasteiger partial charge in [-0.15, -0.1) is 0 Å². The van der Waals surface area contributed by atoms with Crippen molar-refractivity contribution >= 4 is 17.3 Å². The lowest BCUT2D eigenvalue weighted by Crippen LogP contribution is -2.44. The van der Waals surface area contributed by atoms with Crippen LogP contribution in [0.1, 0.15) is 22.8 Å². The molecule has 26 heavy (non-hydrogen) atoms. The number of rotatable bonds is 5. The summed E-state index contributed by atoms with van der Waals surface area (Å²) >= 11 is 5.54. The molecule has 138 valence electrons. The van der Waals surface area contributed by atoms with Crippen molar-refractivity contribution in [1.29, 1.82) is 0 Å². The van der Waals surface area contributed by atoms with E-state index in [-0.39, 0.29) is 0 Å². The smallest absolute Gasteiger partial charge is 0.169 e. The van der Waals surface area contributed by atoms with Crippen molar-refractivity contribution in [2.24, 2.45) is 0 Å². The van der Waals surface area contributed by atoms with Crippen LogP contribution in [0.15, 0.2) is 42.5 Å². The Morgan fingerprint density at radius 3 is 2.54 bits per heavy atom. The summed E-state index contributed by atoms with van der Waals surface area (Å²) in [5, 5.41) is 14.6. The van der Waals surface area contributed by atoms with Gasteiger partial charge in [0.25, 0.3) is 0 Å². The third-order valence-electron chi connectivity index (χ3n) is 4.61. The number of nitrogens with one attached hydrogen (secondary N) is 1.